The van der Waals surface area contributed by atoms with Gasteiger partial charge in [0.2, 0.25) is 5.91 Å². The smallest absolute Gasteiger partial charge is 0.330 e. The van der Waals surface area contributed by atoms with Crippen molar-refractivity contribution < 1.29 is 4.79 Å². The topological polar surface area (TPSA) is 108 Å². The Morgan fingerprint density at radius 3 is 2.46 bits per heavy atom. The minimum Gasteiger partial charge on any atom is -0.383 e. The minimum atomic E-state index is -0.611. The molecule has 0 unspecified atom stereocenters. The lowest BCUT2D eigenvalue weighted by atomic mass is 10.1. The number of aryl methyl sites for hydroxylation is 1. The van der Waals surface area contributed by atoms with Crippen LogP contribution in [0.4, 0.5) is 11.5 Å². The minimum absolute atomic E-state index is 0.0554. The van der Waals surface area contributed by atoms with Crippen LogP contribution in [0.5, 0.6) is 0 Å². The molecule has 3 N–H and O–H groups in total. The third-order valence-corrected chi connectivity index (χ3v) is 6.38. The van der Waals surface area contributed by atoms with Crippen molar-refractivity contribution in [1.82, 2.24) is 19.4 Å². The Morgan fingerprint density at radius 2 is 1.83 bits per heavy atom. The third-order valence-electron chi connectivity index (χ3n) is 6.38. The number of nitrogen functional groups attached to an aromatic ring is 1. The number of aromatic amines is 1. The van der Waals surface area contributed by atoms with Crippen molar-refractivity contribution in [2.75, 3.05) is 49.9 Å². The van der Waals surface area contributed by atoms with Crippen molar-refractivity contribution in [3.63, 3.8) is 0 Å². The molecule has 1 aromatic heterocycles. The molecule has 1 fully saturated rings. The van der Waals surface area contributed by atoms with Gasteiger partial charge >= 0.3 is 5.69 Å². The molecular formula is C26H40N6O3. The zero-order chi connectivity index (χ0) is 25.5. The summed E-state index contributed by atoms with van der Waals surface area (Å²) in [6.45, 7) is 13.2. The van der Waals surface area contributed by atoms with Crippen LogP contribution < -0.4 is 21.9 Å². The van der Waals surface area contributed by atoms with Crippen molar-refractivity contribution >= 4 is 17.4 Å². The van der Waals surface area contributed by atoms with E-state index in [4.69, 9.17) is 5.73 Å². The number of nitrogens with zero attached hydrogens (tertiary/aromatic N) is 4. The van der Waals surface area contributed by atoms with Crippen molar-refractivity contribution in [3.05, 3.63) is 56.2 Å². The number of carbonyl (C=O) groups is 1. The second-order valence-electron chi connectivity index (χ2n) is 9.94. The standard InChI is InChI=1S/C26H40N6O3/c1-5-6-10-31(23-24(27)32(16-19(2)3)26(35)28-25(23)34)22(33)18-30-13-11-29(12-14-30)17-21-9-7-8-20(4)15-21/h7-9,15,19H,5-6,10-14,16-18,27H2,1-4H3,(H,28,34,35). The Balaban J connectivity index is 1.71. The molecule has 0 spiro atoms. The maximum atomic E-state index is 13.4. The summed E-state index contributed by atoms with van der Waals surface area (Å²) in [5, 5.41) is 0. The van der Waals surface area contributed by atoms with E-state index in [1.807, 2.05) is 20.8 Å². The lowest BCUT2D eigenvalue weighted by molar-refractivity contribution is -0.120. The van der Waals surface area contributed by atoms with Crippen LogP contribution in [0.1, 0.15) is 44.7 Å². The van der Waals surface area contributed by atoms with E-state index in [1.165, 1.54) is 20.6 Å². The monoisotopic (exact) mass is 484 g/mol. The van der Waals surface area contributed by atoms with E-state index in [-0.39, 0.29) is 29.9 Å². The van der Waals surface area contributed by atoms with E-state index in [2.05, 4.69) is 46.0 Å². The zero-order valence-corrected chi connectivity index (χ0v) is 21.5. The van der Waals surface area contributed by atoms with Gasteiger partial charge in [0.1, 0.15) is 5.82 Å². The molecule has 0 bridgehead atoms. The predicted octanol–water partition coefficient (Wildman–Crippen LogP) is 2.03. The molecule has 3 rings (SSSR count). The normalized spacial score (nSPS) is 15.0. The third kappa shape index (κ3) is 7.05. The van der Waals surface area contributed by atoms with Gasteiger partial charge in [0.25, 0.3) is 5.56 Å². The summed E-state index contributed by atoms with van der Waals surface area (Å²) in [6, 6.07) is 8.55. The highest BCUT2D eigenvalue weighted by Crippen LogP contribution is 2.19. The number of nitrogens with one attached hydrogen (secondary N) is 1. The molecule has 1 aliphatic rings. The van der Waals surface area contributed by atoms with E-state index in [0.717, 1.165) is 45.6 Å². The van der Waals surface area contributed by atoms with Gasteiger partial charge in [-0.15, -0.1) is 0 Å². The van der Waals surface area contributed by atoms with E-state index in [0.29, 0.717) is 13.1 Å². The first kappa shape index (κ1) is 26.7. The van der Waals surface area contributed by atoms with E-state index < -0.39 is 11.2 Å². The molecule has 1 saturated heterocycles. The number of unbranched alkanes of at least 4 members (excludes halogenated alkanes) is 1. The highest BCUT2D eigenvalue weighted by atomic mass is 16.2. The van der Waals surface area contributed by atoms with Crippen molar-refractivity contribution in [2.24, 2.45) is 5.92 Å². The summed E-state index contributed by atoms with van der Waals surface area (Å²) in [5.74, 6) is 0.0436. The summed E-state index contributed by atoms with van der Waals surface area (Å²) < 4.78 is 1.36. The number of amides is 1. The van der Waals surface area contributed by atoms with Gasteiger partial charge < -0.3 is 10.6 Å². The summed E-state index contributed by atoms with van der Waals surface area (Å²) in [7, 11) is 0. The number of aromatic nitrogens is 2. The average Bonchev–Trinajstić information content (AvgIpc) is 2.80. The summed E-state index contributed by atoms with van der Waals surface area (Å²) >= 11 is 0. The lowest BCUT2D eigenvalue weighted by Gasteiger charge is -2.35. The summed E-state index contributed by atoms with van der Waals surface area (Å²) in [5.41, 5.74) is 7.79. The molecule has 1 aromatic carbocycles. The molecule has 0 saturated carbocycles. The van der Waals surface area contributed by atoms with Gasteiger partial charge in [0.15, 0.2) is 5.69 Å². The van der Waals surface area contributed by atoms with Crippen LogP contribution in [0.15, 0.2) is 33.9 Å². The molecule has 1 aliphatic heterocycles. The Labute approximate surface area is 207 Å². The number of piperazine rings is 1. The zero-order valence-electron chi connectivity index (χ0n) is 21.5. The predicted molar refractivity (Wildman–Crippen MR) is 141 cm³/mol. The largest absolute Gasteiger partial charge is 0.383 e. The molecule has 35 heavy (non-hydrogen) atoms. The van der Waals surface area contributed by atoms with Gasteiger partial charge in [-0.3, -0.25) is 28.9 Å². The first-order chi connectivity index (χ1) is 16.7. The molecule has 192 valence electrons. The Bertz CT molecular complexity index is 1110. The van der Waals surface area contributed by atoms with Crippen LogP contribution in [0, 0.1) is 12.8 Å². The molecule has 0 atom stereocenters. The second-order valence-corrected chi connectivity index (χ2v) is 9.94. The fourth-order valence-electron chi connectivity index (χ4n) is 4.51. The quantitative estimate of drug-likeness (QED) is 0.534. The Kier molecular flexibility index (Phi) is 9.28. The molecule has 0 aliphatic carbocycles. The van der Waals surface area contributed by atoms with E-state index in [1.54, 1.807) is 0 Å². The van der Waals surface area contributed by atoms with E-state index >= 15 is 0 Å². The van der Waals surface area contributed by atoms with Crippen LogP contribution in [0.2, 0.25) is 0 Å². The van der Waals surface area contributed by atoms with Gasteiger partial charge in [-0.25, -0.2) is 4.79 Å². The fourth-order valence-corrected chi connectivity index (χ4v) is 4.51. The molecule has 9 nitrogen and oxygen atoms in total. The molecule has 2 heterocycles. The van der Waals surface area contributed by atoms with Crippen molar-refractivity contribution in [2.45, 2.75) is 53.6 Å². The van der Waals surface area contributed by atoms with Gasteiger partial charge in [-0.05, 0) is 24.8 Å². The van der Waals surface area contributed by atoms with Crippen LogP contribution in [-0.2, 0) is 17.9 Å². The van der Waals surface area contributed by atoms with Crippen LogP contribution in [-0.4, -0.2) is 64.5 Å². The fraction of sp³-hybridized carbons (Fsp3) is 0.577. The average molecular weight is 485 g/mol. The maximum Gasteiger partial charge on any atom is 0.330 e. The van der Waals surface area contributed by atoms with Gasteiger partial charge in [0, 0.05) is 45.8 Å². The second kappa shape index (κ2) is 12.2. The number of benzene rings is 1. The van der Waals surface area contributed by atoms with Gasteiger partial charge in [-0.2, -0.15) is 0 Å². The summed E-state index contributed by atoms with van der Waals surface area (Å²) in [4.78, 5) is 46.9. The SMILES string of the molecule is CCCCN(C(=O)CN1CCN(Cc2cccc(C)c2)CC1)c1c(N)n(CC(C)C)c(=O)[nH]c1=O. The highest BCUT2D eigenvalue weighted by molar-refractivity contribution is 5.96. The first-order valence-corrected chi connectivity index (χ1v) is 12.6. The maximum absolute atomic E-state index is 13.4. The number of carbonyl (C=O) groups excluding carboxylic acids is 1. The van der Waals surface area contributed by atoms with Crippen molar-refractivity contribution in [3.8, 4) is 0 Å². The Morgan fingerprint density at radius 1 is 1.14 bits per heavy atom. The number of H-pyrrole nitrogens is 1. The van der Waals surface area contributed by atoms with Crippen LogP contribution >= 0.6 is 0 Å². The molecule has 9 heteroatoms. The molecular weight excluding hydrogens is 444 g/mol. The number of anilines is 2. The lowest BCUT2D eigenvalue weighted by Crippen LogP contribution is -2.51. The number of nitrogens with two attached hydrogens (primary N) is 1. The van der Waals surface area contributed by atoms with Crippen LogP contribution in [0.3, 0.4) is 0 Å². The number of rotatable bonds is 10. The van der Waals surface area contributed by atoms with Gasteiger partial charge in [-0.1, -0.05) is 57.0 Å². The Hall–Kier alpha value is -2.91. The molecule has 0 radical (unpaired) electrons. The van der Waals surface area contributed by atoms with E-state index in [9.17, 15) is 14.4 Å². The van der Waals surface area contributed by atoms with Crippen molar-refractivity contribution in [1.29, 1.82) is 0 Å². The highest BCUT2D eigenvalue weighted by Gasteiger charge is 2.27. The number of hydrogen-bond donors (Lipinski definition) is 2. The molecule has 2 aromatic rings. The number of hydrogen-bond acceptors (Lipinski definition) is 6. The first-order valence-electron chi connectivity index (χ1n) is 12.6. The molecule has 1 amide bonds. The van der Waals surface area contributed by atoms with Gasteiger partial charge in [0.05, 0.1) is 6.54 Å². The van der Waals surface area contributed by atoms with Crippen LogP contribution in [0.25, 0.3) is 0 Å². The summed E-state index contributed by atoms with van der Waals surface area (Å²) in [6.07, 6.45) is 1.60.